The molecule has 0 unspecified atom stereocenters. The Morgan fingerprint density at radius 3 is 2.41 bits per heavy atom. The quantitative estimate of drug-likeness (QED) is 0.788. The third-order valence-electron chi connectivity index (χ3n) is 3.33. The average Bonchev–Trinajstić information content (AvgIpc) is 2.37. The molecule has 1 amide bonds. The smallest absolute Gasteiger partial charge is 0.235 e. The molecule has 0 aliphatic carbocycles. The number of β-amino-alcohol motifs (C(OH)–C–C–N with tert-alkyl or cyclic N) is 1. The summed E-state index contributed by atoms with van der Waals surface area (Å²) in [5.74, 6) is 0.244. The molecule has 0 spiro atoms. The van der Waals surface area contributed by atoms with Crippen molar-refractivity contribution in [1.82, 2.24) is 9.80 Å². The highest BCUT2D eigenvalue weighted by Gasteiger charge is 2.24. The molecule has 5 heteroatoms. The SMILES string of the molecule is CC[C@@H](O)CN1CCN(C(=O)[C@H](C)SC)CC1. The number of amides is 1. The van der Waals surface area contributed by atoms with Crippen molar-refractivity contribution < 1.29 is 9.90 Å². The van der Waals surface area contributed by atoms with Crippen LogP contribution < -0.4 is 0 Å². The van der Waals surface area contributed by atoms with Gasteiger partial charge in [0.05, 0.1) is 11.4 Å². The molecule has 0 bridgehead atoms. The Morgan fingerprint density at radius 2 is 1.94 bits per heavy atom. The zero-order valence-electron chi connectivity index (χ0n) is 11.1. The zero-order valence-corrected chi connectivity index (χ0v) is 11.9. The van der Waals surface area contributed by atoms with Gasteiger partial charge in [0.1, 0.15) is 0 Å². The molecule has 0 aromatic rings. The van der Waals surface area contributed by atoms with Gasteiger partial charge in [0.15, 0.2) is 0 Å². The molecule has 100 valence electrons. The van der Waals surface area contributed by atoms with Crippen LogP contribution in [-0.2, 0) is 4.79 Å². The topological polar surface area (TPSA) is 43.8 Å². The summed E-state index contributed by atoms with van der Waals surface area (Å²) in [7, 11) is 0. The number of carbonyl (C=O) groups excluding carboxylic acids is 1. The van der Waals surface area contributed by atoms with E-state index in [4.69, 9.17) is 0 Å². The predicted molar refractivity (Wildman–Crippen MR) is 72.3 cm³/mol. The molecular formula is C12H24N2O2S. The summed E-state index contributed by atoms with van der Waals surface area (Å²) < 4.78 is 0. The van der Waals surface area contributed by atoms with Crippen molar-refractivity contribution in [2.75, 3.05) is 39.0 Å². The average molecular weight is 260 g/mol. The van der Waals surface area contributed by atoms with Crippen molar-refractivity contribution in [3.8, 4) is 0 Å². The first kappa shape index (κ1) is 14.8. The lowest BCUT2D eigenvalue weighted by molar-refractivity contribution is -0.132. The van der Waals surface area contributed by atoms with E-state index in [1.54, 1.807) is 11.8 Å². The van der Waals surface area contributed by atoms with Gasteiger partial charge < -0.3 is 10.0 Å². The maximum atomic E-state index is 12.0. The fraction of sp³-hybridized carbons (Fsp3) is 0.917. The largest absolute Gasteiger partial charge is 0.392 e. The summed E-state index contributed by atoms with van der Waals surface area (Å²) in [6, 6.07) is 0. The first-order valence-electron chi connectivity index (χ1n) is 6.30. The maximum Gasteiger partial charge on any atom is 0.235 e. The van der Waals surface area contributed by atoms with E-state index in [0.717, 1.165) is 39.1 Å². The van der Waals surface area contributed by atoms with E-state index in [1.165, 1.54) is 0 Å². The van der Waals surface area contributed by atoms with Crippen LogP contribution in [0.25, 0.3) is 0 Å². The maximum absolute atomic E-state index is 12.0. The molecule has 0 saturated carbocycles. The van der Waals surface area contributed by atoms with Crippen molar-refractivity contribution in [2.45, 2.75) is 31.6 Å². The second kappa shape index (κ2) is 7.24. The minimum absolute atomic E-state index is 0.0581. The number of nitrogens with zero attached hydrogens (tertiary/aromatic N) is 2. The monoisotopic (exact) mass is 260 g/mol. The summed E-state index contributed by atoms with van der Waals surface area (Å²) >= 11 is 1.60. The number of thioether (sulfide) groups is 1. The third kappa shape index (κ3) is 4.48. The minimum Gasteiger partial charge on any atom is -0.392 e. The van der Waals surface area contributed by atoms with Crippen LogP contribution in [0.5, 0.6) is 0 Å². The van der Waals surface area contributed by atoms with Crippen LogP contribution in [0.1, 0.15) is 20.3 Å². The summed E-state index contributed by atoms with van der Waals surface area (Å²) in [5, 5.41) is 9.64. The van der Waals surface area contributed by atoms with Gasteiger partial charge >= 0.3 is 0 Å². The van der Waals surface area contributed by atoms with E-state index in [0.29, 0.717) is 0 Å². The van der Waals surface area contributed by atoms with Crippen LogP contribution in [0.3, 0.4) is 0 Å². The third-order valence-corrected chi connectivity index (χ3v) is 4.23. The van der Waals surface area contributed by atoms with Crippen LogP contribution in [0.2, 0.25) is 0 Å². The van der Waals surface area contributed by atoms with Crippen molar-refractivity contribution in [3.63, 3.8) is 0 Å². The van der Waals surface area contributed by atoms with Crippen molar-refractivity contribution >= 4 is 17.7 Å². The van der Waals surface area contributed by atoms with Crippen molar-refractivity contribution in [2.24, 2.45) is 0 Å². The van der Waals surface area contributed by atoms with Crippen LogP contribution in [-0.4, -0.2) is 71.1 Å². The van der Waals surface area contributed by atoms with Gasteiger partial charge in [-0.25, -0.2) is 0 Å². The van der Waals surface area contributed by atoms with Crippen LogP contribution in [0.4, 0.5) is 0 Å². The van der Waals surface area contributed by atoms with Gasteiger partial charge in [-0.1, -0.05) is 6.92 Å². The van der Waals surface area contributed by atoms with E-state index < -0.39 is 0 Å². The summed E-state index contributed by atoms with van der Waals surface area (Å²) in [4.78, 5) is 16.1. The lowest BCUT2D eigenvalue weighted by Gasteiger charge is -2.36. The lowest BCUT2D eigenvalue weighted by atomic mass is 10.2. The molecule has 1 aliphatic heterocycles. The summed E-state index contributed by atoms with van der Waals surface area (Å²) in [5.41, 5.74) is 0. The minimum atomic E-state index is -0.234. The molecule has 17 heavy (non-hydrogen) atoms. The van der Waals surface area contributed by atoms with Gasteiger partial charge in [-0.2, -0.15) is 11.8 Å². The molecule has 1 fully saturated rings. The Labute approximate surface area is 108 Å². The molecule has 1 saturated heterocycles. The second-order valence-corrected chi connectivity index (χ2v) is 5.74. The lowest BCUT2D eigenvalue weighted by Crippen LogP contribution is -2.51. The fourth-order valence-electron chi connectivity index (χ4n) is 1.94. The number of aliphatic hydroxyl groups is 1. The molecule has 0 radical (unpaired) electrons. The Bertz CT molecular complexity index is 243. The van der Waals surface area contributed by atoms with E-state index in [9.17, 15) is 9.90 Å². The summed E-state index contributed by atoms with van der Waals surface area (Å²) in [6.45, 7) is 8.02. The highest BCUT2D eigenvalue weighted by molar-refractivity contribution is 7.99. The Hall–Kier alpha value is -0.260. The molecule has 1 heterocycles. The zero-order chi connectivity index (χ0) is 12.8. The number of hydrogen-bond acceptors (Lipinski definition) is 4. The number of piperazine rings is 1. The number of carbonyl (C=O) groups is 1. The highest BCUT2D eigenvalue weighted by Crippen LogP contribution is 2.12. The molecule has 0 aromatic carbocycles. The van der Waals surface area contributed by atoms with Gasteiger partial charge in [-0.15, -0.1) is 0 Å². The fourth-order valence-corrected chi connectivity index (χ4v) is 2.29. The van der Waals surface area contributed by atoms with E-state index in [-0.39, 0.29) is 17.3 Å². The first-order chi connectivity index (χ1) is 8.08. The van der Waals surface area contributed by atoms with Crippen LogP contribution in [0.15, 0.2) is 0 Å². The second-order valence-electron chi connectivity index (χ2n) is 4.57. The van der Waals surface area contributed by atoms with Gasteiger partial charge in [-0.05, 0) is 19.6 Å². The molecule has 0 aromatic heterocycles. The number of rotatable bonds is 5. The molecule has 2 atom stereocenters. The van der Waals surface area contributed by atoms with Gasteiger partial charge in [-0.3, -0.25) is 9.69 Å². The van der Waals surface area contributed by atoms with Crippen LogP contribution in [0, 0.1) is 0 Å². The molecule has 1 aliphatic rings. The van der Waals surface area contributed by atoms with E-state index in [1.807, 2.05) is 25.0 Å². The molecule has 4 nitrogen and oxygen atoms in total. The Morgan fingerprint density at radius 1 is 1.35 bits per heavy atom. The standard InChI is InChI=1S/C12H24N2O2S/c1-4-11(15)9-13-5-7-14(8-6-13)12(16)10(2)17-3/h10-11,15H,4-9H2,1-3H3/t10-,11+/m0/s1. The van der Waals surface area contributed by atoms with Crippen LogP contribution >= 0.6 is 11.8 Å². The molecule has 1 rings (SSSR count). The number of aliphatic hydroxyl groups excluding tert-OH is 1. The van der Waals surface area contributed by atoms with Gasteiger partial charge in [0.25, 0.3) is 0 Å². The van der Waals surface area contributed by atoms with Gasteiger partial charge in [0.2, 0.25) is 5.91 Å². The highest BCUT2D eigenvalue weighted by atomic mass is 32.2. The molecular weight excluding hydrogens is 236 g/mol. The van der Waals surface area contributed by atoms with E-state index in [2.05, 4.69) is 4.90 Å². The van der Waals surface area contributed by atoms with E-state index >= 15 is 0 Å². The van der Waals surface area contributed by atoms with Crippen molar-refractivity contribution in [3.05, 3.63) is 0 Å². The molecule has 1 N–H and O–H groups in total. The first-order valence-corrected chi connectivity index (χ1v) is 7.59. The van der Waals surface area contributed by atoms with Gasteiger partial charge in [0, 0.05) is 32.7 Å². The van der Waals surface area contributed by atoms with Crippen molar-refractivity contribution in [1.29, 1.82) is 0 Å². The number of hydrogen-bond donors (Lipinski definition) is 1. The summed E-state index contributed by atoms with van der Waals surface area (Å²) in [6.07, 6.45) is 2.53. The Kier molecular flexibility index (Phi) is 6.30. The predicted octanol–water partition coefficient (Wildman–Crippen LogP) is 0.653. The normalized spacial score (nSPS) is 21.3. The Balaban J connectivity index is 2.33.